The molecule has 2 N–H and O–H groups in total. The van der Waals surface area contributed by atoms with Gasteiger partial charge in [0.2, 0.25) is 5.88 Å². The zero-order valence-corrected chi connectivity index (χ0v) is 17.2. The lowest BCUT2D eigenvalue weighted by molar-refractivity contribution is -0.139. The zero-order chi connectivity index (χ0) is 21.1. The number of rotatable bonds is 5. The minimum Gasteiger partial charge on any atom is -0.497 e. The van der Waals surface area contributed by atoms with Crippen LogP contribution in [0.1, 0.15) is 18.4 Å². The van der Waals surface area contributed by atoms with E-state index in [1.807, 2.05) is 6.07 Å². The van der Waals surface area contributed by atoms with Crippen LogP contribution in [0.4, 0.5) is 0 Å². The summed E-state index contributed by atoms with van der Waals surface area (Å²) >= 11 is 12.4. The van der Waals surface area contributed by atoms with Crippen molar-refractivity contribution in [1.29, 1.82) is 5.26 Å². The standard InChI is InChI=1S/C20H17Cl2N3O4/c1-3-28-20(26)17-15(8-21)29-19(24)13(9-23)16(17)12-7-10-6-11(27-2)4-5-14(10)25-18(12)22/h4-7,16H,3,8,24H2,1-2H3/t16-/m1/s1. The second-order valence-electron chi connectivity index (χ2n) is 6.04. The molecule has 1 aromatic carbocycles. The maximum Gasteiger partial charge on any atom is 0.338 e. The number of pyridine rings is 1. The molecular formula is C20H17Cl2N3O4. The van der Waals surface area contributed by atoms with Crippen molar-refractivity contribution in [3.05, 3.63) is 57.8 Å². The van der Waals surface area contributed by atoms with Crippen molar-refractivity contribution in [3.8, 4) is 11.8 Å². The molecule has 7 nitrogen and oxygen atoms in total. The van der Waals surface area contributed by atoms with Crippen molar-refractivity contribution in [2.75, 3.05) is 19.6 Å². The number of ether oxygens (including phenoxy) is 3. The molecule has 0 bridgehead atoms. The predicted octanol–water partition coefficient (Wildman–Crippen LogP) is 3.76. The number of hydrogen-bond acceptors (Lipinski definition) is 7. The number of nitrogens with two attached hydrogens (primary N) is 1. The lowest BCUT2D eigenvalue weighted by atomic mass is 9.83. The van der Waals surface area contributed by atoms with E-state index < -0.39 is 11.9 Å². The molecule has 0 radical (unpaired) electrons. The van der Waals surface area contributed by atoms with Gasteiger partial charge in [-0.05, 0) is 31.2 Å². The van der Waals surface area contributed by atoms with E-state index in [9.17, 15) is 10.1 Å². The van der Waals surface area contributed by atoms with E-state index in [1.54, 1.807) is 38.3 Å². The van der Waals surface area contributed by atoms with Crippen LogP contribution in [0, 0.1) is 11.3 Å². The van der Waals surface area contributed by atoms with E-state index in [4.69, 9.17) is 43.1 Å². The van der Waals surface area contributed by atoms with Crippen LogP contribution in [0.3, 0.4) is 0 Å². The Morgan fingerprint density at radius 1 is 1.41 bits per heavy atom. The largest absolute Gasteiger partial charge is 0.497 e. The Labute approximate surface area is 177 Å². The Kier molecular flexibility index (Phi) is 6.16. The van der Waals surface area contributed by atoms with Gasteiger partial charge in [0.15, 0.2) is 0 Å². The molecule has 3 rings (SSSR count). The highest BCUT2D eigenvalue weighted by atomic mass is 35.5. The average molecular weight is 434 g/mol. The molecule has 0 saturated carbocycles. The zero-order valence-electron chi connectivity index (χ0n) is 15.7. The average Bonchev–Trinajstić information content (AvgIpc) is 2.72. The molecule has 1 aromatic heterocycles. The van der Waals surface area contributed by atoms with Crippen LogP contribution in [-0.2, 0) is 14.3 Å². The summed E-state index contributed by atoms with van der Waals surface area (Å²) in [5, 5.41) is 10.5. The number of benzene rings is 1. The summed E-state index contributed by atoms with van der Waals surface area (Å²) in [5.74, 6) is -1.17. The van der Waals surface area contributed by atoms with Gasteiger partial charge in [0.1, 0.15) is 28.3 Å². The molecular weight excluding hydrogens is 417 g/mol. The van der Waals surface area contributed by atoms with Gasteiger partial charge in [-0.1, -0.05) is 11.6 Å². The number of nitrogens with zero attached hydrogens (tertiary/aromatic N) is 2. The highest BCUT2D eigenvalue weighted by molar-refractivity contribution is 6.31. The van der Waals surface area contributed by atoms with Crippen molar-refractivity contribution in [2.45, 2.75) is 12.8 Å². The van der Waals surface area contributed by atoms with Crippen LogP contribution >= 0.6 is 23.2 Å². The maximum absolute atomic E-state index is 12.7. The molecule has 29 heavy (non-hydrogen) atoms. The van der Waals surface area contributed by atoms with E-state index >= 15 is 0 Å². The molecule has 0 aliphatic carbocycles. The number of nitriles is 1. The first-order valence-electron chi connectivity index (χ1n) is 8.63. The Balaban J connectivity index is 2.29. The summed E-state index contributed by atoms with van der Waals surface area (Å²) in [4.78, 5) is 17.1. The fourth-order valence-electron chi connectivity index (χ4n) is 3.14. The van der Waals surface area contributed by atoms with Gasteiger partial charge in [-0.25, -0.2) is 9.78 Å². The number of halogens is 2. The van der Waals surface area contributed by atoms with Crippen LogP contribution in [0.5, 0.6) is 5.75 Å². The minimum atomic E-state index is -0.933. The quantitative estimate of drug-likeness (QED) is 0.434. The first-order valence-corrected chi connectivity index (χ1v) is 9.54. The highest BCUT2D eigenvalue weighted by Gasteiger charge is 2.38. The Hall–Kier alpha value is -2.95. The number of carbonyl (C=O) groups is 1. The molecule has 1 atom stereocenters. The van der Waals surface area contributed by atoms with E-state index in [1.165, 1.54) is 0 Å². The van der Waals surface area contributed by atoms with Crippen LogP contribution in [0.15, 0.2) is 47.1 Å². The summed E-state index contributed by atoms with van der Waals surface area (Å²) < 4.78 is 15.9. The number of aromatic nitrogens is 1. The molecule has 9 heteroatoms. The fraction of sp³-hybridized carbons (Fsp3) is 0.250. The normalized spacial score (nSPS) is 16.4. The van der Waals surface area contributed by atoms with Gasteiger partial charge in [-0.3, -0.25) is 0 Å². The van der Waals surface area contributed by atoms with E-state index in [0.717, 1.165) is 0 Å². The summed E-state index contributed by atoms with van der Waals surface area (Å²) in [6.07, 6.45) is 0. The topological polar surface area (TPSA) is 107 Å². The molecule has 0 unspecified atom stereocenters. The third-order valence-electron chi connectivity index (χ3n) is 4.43. The number of fused-ring (bicyclic) bond motifs is 1. The number of alkyl halides is 1. The van der Waals surface area contributed by atoms with E-state index in [-0.39, 0.29) is 40.4 Å². The second-order valence-corrected chi connectivity index (χ2v) is 6.67. The summed E-state index contributed by atoms with van der Waals surface area (Å²) in [5.41, 5.74) is 7.05. The lowest BCUT2D eigenvalue weighted by Crippen LogP contribution is -2.27. The van der Waals surface area contributed by atoms with Gasteiger partial charge in [0.05, 0.1) is 36.6 Å². The van der Waals surface area contributed by atoms with Crippen LogP contribution < -0.4 is 10.5 Å². The Morgan fingerprint density at radius 3 is 2.79 bits per heavy atom. The maximum atomic E-state index is 12.7. The SMILES string of the molecule is CCOC(=O)C1=C(CCl)OC(N)=C(C#N)[C@H]1c1cc2cc(OC)ccc2nc1Cl. The van der Waals surface area contributed by atoms with Crippen molar-refractivity contribution in [3.63, 3.8) is 0 Å². The number of carbonyl (C=O) groups excluding carboxylic acids is 1. The van der Waals surface area contributed by atoms with Gasteiger partial charge < -0.3 is 19.9 Å². The van der Waals surface area contributed by atoms with Gasteiger partial charge >= 0.3 is 5.97 Å². The third kappa shape index (κ3) is 3.82. The molecule has 2 aromatic rings. The van der Waals surface area contributed by atoms with Gasteiger partial charge in [0.25, 0.3) is 0 Å². The lowest BCUT2D eigenvalue weighted by Gasteiger charge is -2.27. The van der Waals surface area contributed by atoms with Crippen molar-refractivity contribution >= 4 is 40.1 Å². The monoisotopic (exact) mass is 433 g/mol. The molecule has 2 heterocycles. The Morgan fingerprint density at radius 2 is 2.17 bits per heavy atom. The first kappa shape index (κ1) is 20.8. The summed E-state index contributed by atoms with van der Waals surface area (Å²) in [7, 11) is 1.55. The van der Waals surface area contributed by atoms with E-state index in [0.29, 0.717) is 22.2 Å². The van der Waals surface area contributed by atoms with E-state index in [2.05, 4.69) is 4.98 Å². The molecule has 1 aliphatic heterocycles. The predicted molar refractivity (Wildman–Crippen MR) is 108 cm³/mol. The van der Waals surface area contributed by atoms with Crippen LogP contribution in [0.2, 0.25) is 5.15 Å². The number of allylic oxidation sites excluding steroid dienone is 2. The van der Waals surface area contributed by atoms with Gasteiger partial charge in [-0.15, -0.1) is 11.6 Å². The summed E-state index contributed by atoms with van der Waals surface area (Å²) in [6, 6.07) is 9.03. The van der Waals surface area contributed by atoms with Gasteiger partial charge in [-0.2, -0.15) is 5.26 Å². The van der Waals surface area contributed by atoms with Crippen molar-refractivity contribution in [2.24, 2.45) is 5.73 Å². The van der Waals surface area contributed by atoms with Crippen molar-refractivity contribution in [1.82, 2.24) is 4.98 Å². The van der Waals surface area contributed by atoms with Crippen molar-refractivity contribution < 1.29 is 19.0 Å². The molecule has 0 saturated heterocycles. The summed E-state index contributed by atoms with van der Waals surface area (Å²) in [6.45, 7) is 1.80. The fourth-order valence-corrected chi connectivity index (χ4v) is 3.59. The number of hydrogen-bond donors (Lipinski definition) is 1. The molecule has 0 fully saturated rings. The smallest absolute Gasteiger partial charge is 0.338 e. The number of esters is 1. The molecule has 0 spiro atoms. The highest BCUT2D eigenvalue weighted by Crippen LogP contribution is 2.43. The first-order chi connectivity index (χ1) is 13.9. The molecule has 0 amide bonds. The third-order valence-corrected chi connectivity index (χ3v) is 4.97. The van der Waals surface area contributed by atoms with Crippen LogP contribution in [0.25, 0.3) is 10.9 Å². The Bertz CT molecular complexity index is 1090. The minimum absolute atomic E-state index is 0.0212. The second kappa shape index (κ2) is 8.60. The molecule has 1 aliphatic rings. The van der Waals surface area contributed by atoms with Crippen LogP contribution in [-0.4, -0.2) is 30.5 Å². The van der Waals surface area contributed by atoms with Gasteiger partial charge in [0, 0.05) is 10.9 Å². The number of methoxy groups -OCH3 is 1. The molecule has 150 valence electrons.